The first kappa shape index (κ1) is 16.2. The lowest BCUT2D eigenvalue weighted by molar-refractivity contribution is 0.280. The van der Waals surface area contributed by atoms with Gasteiger partial charge in [0.2, 0.25) is 0 Å². The summed E-state index contributed by atoms with van der Waals surface area (Å²) in [6, 6.07) is 8.13. The number of halogens is 4. The highest BCUT2D eigenvalue weighted by Crippen LogP contribution is 2.37. The van der Waals surface area contributed by atoms with Gasteiger partial charge in [-0.05, 0) is 23.8 Å². The molecule has 0 saturated carbocycles. The van der Waals surface area contributed by atoms with Crippen LogP contribution in [0.2, 0.25) is 10.0 Å². The van der Waals surface area contributed by atoms with Crippen LogP contribution in [0.5, 0.6) is 11.5 Å². The summed E-state index contributed by atoms with van der Waals surface area (Å²) in [7, 11) is 1.50. The monoisotopic (exact) mass is 348 g/mol. The van der Waals surface area contributed by atoms with Gasteiger partial charge in [0.05, 0.1) is 17.2 Å². The minimum atomic E-state index is -0.508. The Morgan fingerprint density at radius 2 is 1.90 bits per heavy atom. The lowest BCUT2D eigenvalue weighted by Gasteiger charge is -2.14. The molecular formula is C15H12Cl3FO2. The van der Waals surface area contributed by atoms with Crippen molar-refractivity contribution in [1.29, 1.82) is 0 Å². The van der Waals surface area contributed by atoms with Crippen LogP contribution < -0.4 is 9.47 Å². The maximum absolute atomic E-state index is 13.8. The van der Waals surface area contributed by atoms with E-state index < -0.39 is 5.82 Å². The summed E-state index contributed by atoms with van der Waals surface area (Å²) in [6.07, 6.45) is 0. The molecule has 0 bridgehead atoms. The van der Waals surface area contributed by atoms with Crippen LogP contribution in [-0.4, -0.2) is 7.11 Å². The Bertz CT molecular complexity index is 647. The van der Waals surface area contributed by atoms with Gasteiger partial charge in [0, 0.05) is 11.4 Å². The number of rotatable bonds is 5. The van der Waals surface area contributed by atoms with E-state index in [-0.39, 0.29) is 11.6 Å². The minimum absolute atomic E-state index is 0.0112. The summed E-state index contributed by atoms with van der Waals surface area (Å²) in [5.74, 6) is 0.582. The molecule has 0 unspecified atom stereocenters. The van der Waals surface area contributed by atoms with Crippen molar-refractivity contribution in [3.63, 3.8) is 0 Å². The van der Waals surface area contributed by atoms with Crippen LogP contribution in [0.4, 0.5) is 4.39 Å². The van der Waals surface area contributed by atoms with Gasteiger partial charge >= 0.3 is 0 Å². The highest BCUT2D eigenvalue weighted by molar-refractivity contribution is 6.32. The van der Waals surface area contributed by atoms with Crippen molar-refractivity contribution >= 4 is 34.8 Å². The molecule has 0 atom stereocenters. The van der Waals surface area contributed by atoms with Crippen LogP contribution in [0.15, 0.2) is 30.3 Å². The zero-order valence-corrected chi connectivity index (χ0v) is 13.4. The Hall–Kier alpha value is -1.16. The third kappa shape index (κ3) is 3.73. The van der Waals surface area contributed by atoms with Crippen molar-refractivity contribution in [2.24, 2.45) is 0 Å². The van der Waals surface area contributed by atoms with Crippen LogP contribution in [0.1, 0.15) is 11.1 Å². The van der Waals surface area contributed by atoms with Gasteiger partial charge in [0.1, 0.15) is 12.4 Å². The number of hydrogen-bond donors (Lipinski definition) is 0. The first-order valence-corrected chi connectivity index (χ1v) is 7.34. The molecule has 21 heavy (non-hydrogen) atoms. The molecule has 0 heterocycles. The van der Waals surface area contributed by atoms with E-state index in [9.17, 15) is 4.39 Å². The molecular weight excluding hydrogens is 338 g/mol. The topological polar surface area (TPSA) is 18.5 Å². The molecule has 0 aliphatic rings. The van der Waals surface area contributed by atoms with E-state index >= 15 is 0 Å². The van der Waals surface area contributed by atoms with Crippen molar-refractivity contribution in [2.75, 3.05) is 7.11 Å². The number of hydrogen-bond acceptors (Lipinski definition) is 2. The third-order valence-electron chi connectivity index (χ3n) is 2.85. The fraction of sp³-hybridized carbons (Fsp3) is 0.200. The molecule has 0 radical (unpaired) electrons. The number of alkyl halides is 1. The summed E-state index contributed by atoms with van der Waals surface area (Å²) in [4.78, 5) is 0. The molecule has 0 N–H and O–H groups in total. The lowest BCUT2D eigenvalue weighted by Crippen LogP contribution is -2.01. The molecule has 2 aromatic rings. The number of ether oxygens (including phenoxy) is 2. The number of benzene rings is 2. The van der Waals surface area contributed by atoms with Crippen LogP contribution >= 0.6 is 34.8 Å². The van der Waals surface area contributed by atoms with Gasteiger partial charge in [-0.3, -0.25) is 0 Å². The highest BCUT2D eigenvalue weighted by Gasteiger charge is 2.14. The zero-order valence-electron chi connectivity index (χ0n) is 11.1. The average molecular weight is 350 g/mol. The second-order valence-electron chi connectivity index (χ2n) is 4.24. The molecule has 2 rings (SSSR count). The van der Waals surface area contributed by atoms with E-state index in [4.69, 9.17) is 44.3 Å². The highest BCUT2D eigenvalue weighted by atomic mass is 35.5. The molecule has 0 aliphatic heterocycles. The minimum Gasteiger partial charge on any atom is -0.493 e. The van der Waals surface area contributed by atoms with Crippen molar-refractivity contribution in [3.8, 4) is 11.5 Å². The summed E-state index contributed by atoms with van der Waals surface area (Å²) in [6.45, 7) is -0.0112. The molecule has 0 amide bonds. The predicted molar refractivity (Wildman–Crippen MR) is 83.3 cm³/mol. The Balaban J connectivity index is 2.25. The standard InChI is InChI=1S/C15H12Cl3FO2/c1-20-13-6-9(7-16)5-12(18)15(13)21-8-10-3-2-4-11(17)14(10)19/h2-6H,7-8H2,1H3. The van der Waals surface area contributed by atoms with Gasteiger partial charge < -0.3 is 9.47 Å². The molecule has 6 heteroatoms. The van der Waals surface area contributed by atoms with Crippen molar-refractivity contribution in [2.45, 2.75) is 12.5 Å². The summed E-state index contributed by atoms with van der Waals surface area (Å²) in [5, 5.41) is 0.402. The van der Waals surface area contributed by atoms with Gasteiger partial charge in [-0.25, -0.2) is 4.39 Å². The molecule has 0 aliphatic carbocycles. The maximum atomic E-state index is 13.8. The molecule has 0 fully saturated rings. The van der Waals surface area contributed by atoms with Gasteiger partial charge in [-0.2, -0.15) is 0 Å². The Kier molecular flexibility index (Phi) is 5.57. The van der Waals surface area contributed by atoms with Crippen molar-refractivity contribution < 1.29 is 13.9 Å². The second kappa shape index (κ2) is 7.21. The normalized spacial score (nSPS) is 10.5. The van der Waals surface area contributed by atoms with Crippen LogP contribution in [-0.2, 0) is 12.5 Å². The summed E-state index contributed by atoms with van der Waals surface area (Å²) < 4.78 is 24.6. The first-order chi connectivity index (χ1) is 10.1. The summed E-state index contributed by atoms with van der Waals surface area (Å²) >= 11 is 17.6. The number of methoxy groups -OCH3 is 1. The Morgan fingerprint density at radius 1 is 1.14 bits per heavy atom. The quantitative estimate of drug-likeness (QED) is 0.667. The smallest absolute Gasteiger partial charge is 0.180 e. The molecule has 112 valence electrons. The maximum Gasteiger partial charge on any atom is 0.180 e. The second-order valence-corrected chi connectivity index (χ2v) is 5.33. The zero-order chi connectivity index (χ0) is 15.4. The fourth-order valence-electron chi connectivity index (χ4n) is 1.80. The molecule has 2 aromatic carbocycles. The van der Waals surface area contributed by atoms with E-state index in [2.05, 4.69) is 0 Å². The molecule has 0 spiro atoms. The van der Waals surface area contributed by atoms with Gasteiger partial charge in [-0.1, -0.05) is 35.3 Å². The molecule has 0 aromatic heterocycles. The van der Waals surface area contributed by atoms with E-state index in [1.165, 1.54) is 13.2 Å². The van der Waals surface area contributed by atoms with E-state index in [1.807, 2.05) is 0 Å². The first-order valence-electron chi connectivity index (χ1n) is 6.05. The van der Waals surface area contributed by atoms with Crippen molar-refractivity contribution in [1.82, 2.24) is 0 Å². The van der Waals surface area contributed by atoms with Gasteiger partial charge in [-0.15, -0.1) is 11.6 Å². The van der Waals surface area contributed by atoms with E-state index in [1.54, 1.807) is 24.3 Å². The lowest BCUT2D eigenvalue weighted by atomic mass is 10.2. The van der Waals surface area contributed by atoms with Crippen molar-refractivity contribution in [3.05, 3.63) is 57.3 Å². The Morgan fingerprint density at radius 3 is 2.57 bits per heavy atom. The SMILES string of the molecule is COc1cc(CCl)cc(Cl)c1OCc1cccc(Cl)c1F. The van der Waals surface area contributed by atoms with E-state index in [0.717, 1.165) is 5.56 Å². The summed E-state index contributed by atoms with van der Waals surface area (Å²) in [5.41, 5.74) is 1.14. The van der Waals surface area contributed by atoms with Crippen LogP contribution in [0, 0.1) is 5.82 Å². The largest absolute Gasteiger partial charge is 0.493 e. The Labute approximate surface area is 137 Å². The average Bonchev–Trinajstić information content (AvgIpc) is 2.49. The predicted octanol–water partition coefficient (Wildman–Crippen LogP) is 5.46. The molecule has 2 nitrogen and oxygen atoms in total. The van der Waals surface area contributed by atoms with Crippen LogP contribution in [0.25, 0.3) is 0 Å². The fourth-order valence-corrected chi connectivity index (χ4v) is 2.44. The van der Waals surface area contributed by atoms with Gasteiger partial charge in [0.15, 0.2) is 11.5 Å². The molecule has 0 saturated heterocycles. The van der Waals surface area contributed by atoms with E-state index in [0.29, 0.717) is 28.0 Å². The van der Waals surface area contributed by atoms with Crippen LogP contribution in [0.3, 0.4) is 0 Å². The van der Waals surface area contributed by atoms with Gasteiger partial charge in [0.25, 0.3) is 0 Å². The third-order valence-corrected chi connectivity index (χ3v) is 3.73.